The van der Waals surface area contributed by atoms with E-state index >= 15 is 0 Å². The Kier molecular flexibility index (Phi) is 11.6. The molecule has 5 heterocycles. The molecule has 60 heavy (non-hydrogen) atoms. The number of rotatable bonds is 10. The average Bonchev–Trinajstić information content (AvgIpc) is 4.13. The van der Waals surface area contributed by atoms with Crippen molar-refractivity contribution in [3.05, 3.63) is 60.4 Å². The number of benzene rings is 2. The van der Waals surface area contributed by atoms with Crippen molar-refractivity contribution in [3.63, 3.8) is 0 Å². The summed E-state index contributed by atoms with van der Waals surface area (Å²) in [5.74, 6) is 5.89. The van der Waals surface area contributed by atoms with Crippen molar-refractivity contribution >= 4 is 47.5 Å². The molecule has 4 aromatic rings. The first kappa shape index (κ1) is 40.1. The van der Waals surface area contributed by atoms with Gasteiger partial charge in [-0.15, -0.1) is 23.5 Å². The van der Waals surface area contributed by atoms with Gasteiger partial charge in [-0.1, -0.05) is 25.7 Å². The maximum Gasteiger partial charge on any atom is 0.407 e. The van der Waals surface area contributed by atoms with Gasteiger partial charge in [-0.25, -0.2) is 19.6 Å². The molecule has 4 atom stereocenters. The number of methoxy groups -OCH3 is 2. The Morgan fingerprint density at radius 3 is 1.48 bits per heavy atom. The Labute approximate surface area is 355 Å². The summed E-state index contributed by atoms with van der Waals surface area (Å²) in [6.45, 7) is 0. The lowest BCUT2D eigenvalue weighted by atomic mass is 9.96. The monoisotopic (exact) mass is 856 g/mol. The zero-order chi connectivity index (χ0) is 41.3. The number of fused-ring (bicyclic) bond motifs is 2. The van der Waals surface area contributed by atoms with E-state index in [-0.39, 0.29) is 35.7 Å². The fraction of sp³-hybridized carbons (Fsp3) is 0.476. The number of nitrogens with one attached hydrogen (secondary N) is 4. The number of hydrogen-bond acceptors (Lipinski definition) is 12. The minimum Gasteiger partial charge on any atom is -0.453 e. The van der Waals surface area contributed by atoms with E-state index in [4.69, 9.17) is 28.9 Å². The molecule has 0 spiro atoms. The van der Waals surface area contributed by atoms with Gasteiger partial charge in [0.2, 0.25) is 11.8 Å². The van der Waals surface area contributed by atoms with E-state index in [2.05, 4.69) is 20.6 Å². The van der Waals surface area contributed by atoms with Crippen molar-refractivity contribution in [2.45, 2.75) is 75.5 Å². The number of ether oxygens (including phenoxy) is 4. The third-order valence-electron chi connectivity index (χ3n) is 12.3. The number of amides is 4. The van der Waals surface area contributed by atoms with E-state index in [0.717, 1.165) is 73.9 Å². The van der Waals surface area contributed by atoms with Crippen LogP contribution in [0.3, 0.4) is 0 Å². The molecule has 2 saturated carbocycles. The van der Waals surface area contributed by atoms with Gasteiger partial charge < -0.3 is 49.3 Å². The maximum atomic E-state index is 13.9. The van der Waals surface area contributed by atoms with Crippen molar-refractivity contribution in [2.24, 2.45) is 11.8 Å². The van der Waals surface area contributed by atoms with Gasteiger partial charge in [0.1, 0.15) is 23.7 Å². The zero-order valence-corrected chi connectivity index (χ0v) is 35.1. The van der Waals surface area contributed by atoms with Gasteiger partial charge in [0.25, 0.3) is 0 Å². The summed E-state index contributed by atoms with van der Waals surface area (Å²) < 4.78 is 22.4. The predicted octanol–water partition coefficient (Wildman–Crippen LogP) is 7.34. The molecule has 4 fully saturated rings. The molecule has 18 heteroatoms. The van der Waals surface area contributed by atoms with Crippen LogP contribution in [0, 0.1) is 11.8 Å². The Bertz CT molecular complexity index is 2100. The molecule has 316 valence electrons. The van der Waals surface area contributed by atoms with Gasteiger partial charge in [-0.3, -0.25) is 9.59 Å². The standard InChI is InChI=1S/C42H48N8O8S2/c1-55-41(53)47-35(23-7-3-4-8-23)39(51)49-21-59-19-29(49)37-43-17-27(45-37)25-11-13-31-33(15-25)57-32-14-12-26(16-34(32)58-31)28-18-44-38(46-28)30-20-60-22-50(30)40(52)36(48-42(54)56-2)24-9-5-6-10-24/h11-18,23-24,29-30,35-36H,3-10,19-22H2,1-2H3,(H,43,45)(H,44,46)(H,47,53)(H,48,54)/t29-,30-,35-,36-/m0/s1. The van der Waals surface area contributed by atoms with Crippen LogP contribution in [-0.2, 0) is 19.1 Å². The first-order valence-electron chi connectivity index (χ1n) is 20.5. The van der Waals surface area contributed by atoms with Crippen LogP contribution in [0.15, 0.2) is 48.8 Å². The first-order valence-corrected chi connectivity index (χ1v) is 22.8. The molecule has 0 bridgehead atoms. The smallest absolute Gasteiger partial charge is 0.407 e. The Hall–Kier alpha value is -5.36. The topological polar surface area (TPSA) is 193 Å². The molecule has 16 nitrogen and oxygen atoms in total. The van der Waals surface area contributed by atoms with E-state index in [1.54, 1.807) is 35.9 Å². The number of H-pyrrole nitrogens is 2. The number of aromatic nitrogens is 4. The Morgan fingerprint density at radius 2 is 1.08 bits per heavy atom. The van der Waals surface area contributed by atoms with Crippen LogP contribution >= 0.6 is 23.5 Å². The fourth-order valence-corrected chi connectivity index (χ4v) is 11.4. The summed E-state index contributed by atoms with van der Waals surface area (Å²) >= 11 is 3.32. The second-order valence-electron chi connectivity index (χ2n) is 15.9. The van der Waals surface area contributed by atoms with Crippen LogP contribution in [-0.4, -0.2) is 103 Å². The normalized spacial score (nSPS) is 21.1. The number of nitrogens with zero attached hydrogens (tertiary/aromatic N) is 4. The van der Waals surface area contributed by atoms with E-state index < -0.39 is 24.3 Å². The van der Waals surface area contributed by atoms with Gasteiger partial charge in [-0.05, 0) is 73.9 Å². The fourth-order valence-electron chi connectivity index (χ4n) is 9.07. The van der Waals surface area contributed by atoms with Crippen LogP contribution in [0.25, 0.3) is 22.5 Å². The summed E-state index contributed by atoms with van der Waals surface area (Å²) in [7, 11) is 2.62. The van der Waals surface area contributed by atoms with Crippen molar-refractivity contribution in [1.82, 2.24) is 40.4 Å². The second-order valence-corrected chi connectivity index (χ2v) is 17.9. The average molecular weight is 857 g/mol. The molecule has 0 radical (unpaired) electrons. The molecule has 2 aliphatic carbocycles. The molecular weight excluding hydrogens is 809 g/mol. The number of alkyl carbamates (subject to hydrolysis) is 2. The largest absolute Gasteiger partial charge is 0.453 e. The number of aromatic amines is 2. The lowest BCUT2D eigenvalue weighted by molar-refractivity contribution is -0.136. The number of thioether (sulfide) groups is 2. The van der Waals surface area contributed by atoms with E-state index in [1.807, 2.05) is 46.2 Å². The highest BCUT2D eigenvalue weighted by Crippen LogP contribution is 2.48. The van der Waals surface area contributed by atoms with Crippen molar-refractivity contribution in [1.29, 1.82) is 0 Å². The van der Waals surface area contributed by atoms with E-state index in [1.165, 1.54) is 14.2 Å². The van der Waals surface area contributed by atoms with Crippen molar-refractivity contribution in [2.75, 3.05) is 37.5 Å². The first-order chi connectivity index (χ1) is 29.3. The summed E-state index contributed by atoms with van der Waals surface area (Å²) in [5, 5.41) is 5.64. The number of carbonyl (C=O) groups excluding carboxylic acids is 4. The van der Waals surface area contributed by atoms with Gasteiger partial charge in [0.15, 0.2) is 23.0 Å². The molecule has 2 aromatic carbocycles. The molecule has 5 aliphatic rings. The molecular formula is C42H48N8O8S2. The highest BCUT2D eigenvalue weighted by atomic mass is 32.2. The number of carbonyl (C=O) groups is 4. The van der Waals surface area contributed by atoms with Crippen LogP contribution < -0.4 is 20.1 Å². The van der Waals surface area contributed by atoms with Crippen LogP contribution in [0.1, 0.15) is 75.1 Å². The molecule has 4 amide bonds. The van der Waals surface area contributed by atoms with Gasteiger partial charge in [-0.2, -0.15) is 0 Å². The zero-order valence-electron chi connectivity index (χ0n) is 33.4. The lowest BCUT2D eigenvalue weighted by Gasteiger charge is -2.30. The number of hydrogen-bond donors (Lipinski definition) is 4. The molecule has 0 unspecified atom stereocenters. The third-order valence-corrected chi connectivity index (χ3v) is 14.3. The van der Waals surface area contributed by atoms with Crippen LogP contribution in [0.2, 0.25) is 0 Å². The quantitative estimate of drug-likeness (QED) is 0.109. The van der Waals surface area contributed by atoms with Gasteiger partial charge in [0.05, 0.1) is 61.8 Å². The Balaban J connectivity index is 0.873. The minimum absolute atomic E-state index is 0.0766. The SMILES string of the molecule is COC(=O)N[C@H](C(=O)N1CSC[C@H]1c1ncc(-c2ccc3c(c2)Oc2ccc(-c4cnc([C@@H]5CSCN5C(=O)[C@@H](NC(=O)OC)C5CCCC5)[nH]4)cc2O3)[nH]1)C1CCCC1. The third kappa shape index (κ3) is 7.98. The molecule has 2 saturated heterocycles. The predicted molar refractivity (Wildman–Crippen MR) is 225 cm³/mol. The summed E-state index contributed by atoms with van der Waals surface area (Å²) in [6, 6.07) is 9.57. The Morgan fingerprint density at radius 1 is 0.667 bits per heavy atom. The van der Waals surface area contributed by atoms with Crippen LogP contribution in [0.4, 0.5) is 9.59 Å². The number of imidazole rings is 2. The highest BCUT2D eigenvalue weighted by molar-refractivity contribution is 7.99. The van der Waals surface area contributed by atoms with Crippen LogP contribution in [0.5, 0.6) is 23.0 Å². The minimum atomic E-state index is -0.637. The van der Waals surface area contributed by atoms with Gasteiger partial charge in [0, 0.05) is 22.6 Å². The van der Waals surface area contributed by atoms with E-state index in [9.17, 15) is 19.2 Å². The van der Waals surface area contributed by atoms with E-state index in [0.29, 0.717) is 57.9 Å². The molecule has 2 aromatic heterocycles. The molecule has 4 N–H and O–H groups in total. The molecule has 9 rings (SSSR count). The van der Waals surface area contributed by atoms with Crippen molar-refractivity contribution in [3.8, 4) is 45.5 Å². The summed E-state index contributed by atoms with van der Waals surface area (Å²) in [4.78, 5) is 72.2. The summed E-state index contributed by atoms with van der Waals surface area (Å²) in [5.41, 5.74) is 3.22. The summed E-state index contributed by atoms with van der Waals surface area (Å²) in [6.07, 6.45) is 10.1. The van der Waals surface area contributed by atoms with Gasteiger partial charge >= 0.3 is 12.2 Å². The van der Waals surface area contributed by atoms with Crippen molar-refractivity contribution < 1.29 is 38.1 Å². The highest BCUT2D eigenvalue weighted by Gasteiger charge is 2.42. The lowest BCUT2D eigenvalue weighted by Crippen LogP contribution is -2.51. The molecule has 3 aliphatic heterocycles. The maximum absolute atomic E-state index is 13.9. The second kappa shape index (κ2) is 17.3.